The Morgan fingerprint density at radius 1 is 1.23 bits per heavy atom. The predicted octanol–water partition coefficient (Wildman–Crippen LogP) is 1.55. The summed E-state index contributed by atoms with van der Waals surface area (Å²) in [7, 11) is 0. The second-order valence-corrected chi connectivity index (χ2v) is 9.42. The van der Waals surface area contributed by atoms with E-state index in [1.807, 2.05) is 57.2 Å². The molecule has 5 atom stereocenters. The number of carbonyl (C=O) groups is 3. The van der Waals surface area contributed by atoms with Gasteiger partial charge in [0.15, 0.2) is 0 Å². The first-order valence-electron chi connectivity index (χ1n) is 10.6. The van der Waals surface area contributed by atoms with Crippen LogP contribution in [0.1, 0.15) is 26.3 Å². The van der Waals surface area contributed by atoms with Gasteiger partial charge >= 0.3 is 0 Å². The van der Waals surface area contributed by atoms with Crippen LogP contribution in [0.15, 0.2) is 55.1 Å². The summed E-state index contributed by atoms with van der Waals surface area (Å²) in [5, 5.41) is 5.91. The van der Waals surface area contributed by atoms with Crippen molar-refractivity contribution in [3.8, 4) is 0 Å². The van der Waals surface area contributed by atoms with Gasteiger partial charge in [0.25, 0.3) is 0 Å². The second-order valence-electron chi connectivity index (χ2n) is 9.42. The molecule has 3 amide bonds. The summed E-state index contributed by atoms with van der Waals surface area (Å²) in [5.41, 5.74) is -0.644. The van der Waals surface area contributed by atoms with Crippen molar-refractivity contribution < 1.29 is 19.1 Å². The van der Waals surface area contributed by atoms with Crippen LogP contribution >= 0.6 is 0 Å². The van der Waals surface area contributed by atoms with E-state index in [0.717, 1.165) is 5.56 Å². The average molecular weight is 424 g/mol. The molecule has 7 nitrogen and oxygen atoms in total. The maximum absolute atomic E-state index is 13.4. The molecule has 1 aromatic rings. The molecule has 0 saturated carbocycles. The molecular formula is C24H29N3O4. The highest BCUT2D eigenvalue weighted by Gasteiger charge is 2.72. The molecule has 1 spiro atoms. The monoisotopic (exact) mass is 423 g/mol. The van der Waals surface area contributed by atoms with E-state index < -0.39 is 35.1 Å². The van der Waals surface area contributed by atoms with Crippen molar-refractivity contribution in [3.05, 3.63) is 60.7 Å². The first kappa shape index (κ1) is 21.3. The fourth-order valence-electron chi connectivity index (χ4n) is 4.94. The van der Waals surface area contributed by atoms with Crippen molar-refractivity contribution in [1.82, 2.24) is 15.5 Å². The lowest BCUT2D eigenvalue weighted by molar-refractivity contribution is -0.141. The Balaban J connectivity index is 1.61. The van der Waals surface area contributed by atoms with Gasteiger partial charge in [0.1, 0.15) is 11.6 Å². The third kappa shape index (κ3) is 3.57. The van der Waals surface area contributed by atoms with Gasteiger partial charge in [-0.2, -0.15) is 0 Å². The lowest BCUT2D eigenvalue weighted by atomic mass is 9.74. The SMILES string of the molecule is C=CCN1C(=O)[C@H]2[C@@H](C(=O)NCc3ccccc3)[C@H]3C=C[C@]2(O3)[C@@H]1C(=O)NC(C)(C)C. The molecule has 7 heteroatoms. The molecule has 2 N–H and O–H groups in total. The molecule has 2 saturated heterocycles. The molecule has 2 fully saturated rings. The number of likely N-dealkylation sites (tertiary alicyclic amines) is 1. The molecule has 0 aromatic heterocycles. The van der Waals surface area contributed by atoms with Crippen LogP contribution in [0.5, 0.6) is 0 Å². The lowest BCUT2D eigenvalue weighted by Crippen LogP contribution is -2.57. The van der Waals surface area contributed by atoms with E-state index in [1.54, 1.807) is 12.2 Å². The van der Waals surface area contributed by atoms with Crippen LogP contribution in [0.2, 0.25) is 0 Å². The average Bonchev–Trinajstić information content (AvgIpc) is 3.34. The van der Waals surface area contributed by atoms with Crippen molar-refractivity contribution in [1.29, 1.82) is 0 Å². The molecule has 31 heavy (non-hydrogen) atoms. The molecule has 3 heterocycles. The zero-order valence-electron chi connectivity index (χ0n) is 18.1. The summed E-state index contributed by atoms with van der Waals surface area (Å²) in [4.78, 5) is 41.3. The van der Waals surface area contributed by atoms with Crippen LogP contribution in [0.3, 0.4) is 0 Å². The van der Waals surface area contributed by atoms with Crippen LogP contribution in [0.4, 0.5) is 0 Å². The first-order valence-corrected chi connectivity index (χ1v) is 10.6. The minimum Gasteiger partial charge on any atom is -0.359 e. The summed E-state index contributed by atoms with van der Waals surface area (Å²) in [5.74, 6) is -2.20. The fourth-order valence-corrected chi connectivity index (χ4v) is 4.94. The molecule has 4 rings (SSSR count). The van der Waals surface area contributed by atoms with Crippen molar-refractivity contribution in [3.63, 3.8) is 0 Å². The summed E-state index contributed by atoms with van der Waals surface area (Å²) in [6.45, 7) is 9.97. The van der Waals surface area contributed by atoms with Crippen molar-refractivity contribution in [2.24, 2.45) is 11.8 Å². The number of hydrogen-bond donors (Lipinski definition) is 2. The third-order valence-electron chi connectivity index (χ3n) is 6.06. The highest BCUT2D eigenvalue weighted by atomic mass is 16.5. The number of nitrogens with zero attached hydrogens (tertiary/aromatic N) is 1. The Labute approximate surface area is 182 Å². The smallest absolute Gasteiger partial charge is 0.246 e. The fraction of sp³-hybridized carbons (Fsp3) is 0.458. The molecule has 0 aliphatic carbocycles. The van der Waals surface area contributed by atoms with Gasteiger partial charge in [0.05, 0.1) is 17.9 Å². The Kier molecular flexibility index (Phi) is 5.25. The van der Waals surface area contributed by atoms with E-state index >= 15 is 0 Å². The van der Waals surface area contributed by atoms with E-state index in [4.69, 9.17) is 4.74 Å². The quantitative estimate of drug-likeness (QED) is 0.680. The van der Waals surface area contributed by atoms with Crippen LogP contribution in [0.25, 0.3) is 0 Å². The van der Waals surface area contributed by atoms with E-state index in [1.165, 1.54) is 4.90 Å². The zero-order valence-corrected chi connectivity index (χ0v) is 18.1. The van der Waals surface area contributed by atoms with Gasteiger partial charge in [-0.05, 0) is 26.3 Å². The molecule has 3 aliphatic heterocycles. The Morgan fingerprint density at radius 2 is 1.94 bits per heavy atom. The van der Waals surface area contributed by atoms with Gasteiger partial charge in [-0.25, -0.2) is 0 Å². The van der Waals surface area contributed by atoms with E-state index in [0.29, 0.717) is 6.54 Å². The van der Waals surface area contributed by atoms with Gasteiger partial charge in [-0.15, -0.1) is 6.58 Å². The number of hydrogen-bond acceptors (Lipinski definition) is 4. The van der Waals surface area contributed by atoms with E-state index in [9.17, 15) is 14.4 Å². The Hall–Kier alpha value is -2.93. The van der Waals surface area contributed by atoms with Crippen LogP contribution in [-0.4, -0.2) is 52.5 Å². The van der Waals surface area contributed by atoms with Crippen LogP contribution in [-0.2, 0) is 25.7 Å². The highest BCUT2D eigenvalue weighted by Crippen LogP contribution is 2.55. The van der Waals surface area contributed by atoms with Crippen LogP contribution in [0, 0.1) is 11.8 Å². The minimum atomic E-state index is -1.14. The van der Waals surface area contributed by atoms with E-state index in [2.05, 4.69) is 17.2 Å². The topological polar surface area (TPSA) is 87.7 Å². The Morgan fingerprint density at radius 3 is 2.58 bits per heavy atom. The maximum atomic E-state index is 13.4. The molecule has 164 valence electrons. The molecule has 2 bridgehead atoms. The standard InChI is InChI=1S/C24H29N3O4/c1-5-13-27-19(21(29)26-23(2,3)4)24-12-11-16(31-24)17(18(24)22(27)30)20(28)25-14-15-9-7-6-8-10-15/h5-12,16-19H,1,13-14H2,2-4H3,(H,25,28)(H,26,29)/t16-,17+,18-,19+,24-/m1/s1. The van der Waals surface area contributed by atoms with Crippen molar-refractivity contribution >= 4 is 17.7 Å². The van der Waals surface area contributed by atoms with Crippen molar-refractivity contribution in [2.45, 2.75) is 50.6 Å². The largest absolute Gasteiger partial charge is 0.359 e. The molecule has 3 aliphatic rings. The number of benzene rings is 1. The van der Waals surface area contributed by atoms with Gasteiger partial charge in [-0.3, -0.25) is 14.4 Å². The van der Waals surface area contributed by atoms with Gasteiger partial charge in [0.2, 0.25) is 17.7 Å². The normalized spacial score (nSPS) is 30.9. The number of nitrogens with one attached hydrogen (secondary N) is 2. The summed E-state index contributed by atoms with van der Waals surface area (Å²) in [6, 6.07) is 8.74. The number of amides is 3. The first-order chi connectivity index (χ1) is 14.7. The molecule has 1 aromatic carbocycles. The predicted molar refractivity (Wildman–Crippen MR) is 116 cm³/mol. The molecular weight excluding hydrogens is 394 g/mol. The van der Waals surface area contributed by atoms with E-state index in [-0.39, 0.29) is 24.3 Å². The zero-order chi connectivity index (χ0) is 22.4. The summed E-state index contributed by atoms with van der Waals surface area (Å²) < 4.78 is 6.24. The molecule has 0 radical (unpaired) electrons. The number of ether oxygens (including phenoxy) is 1. The number of fused-ring (bicyclic) bond motifs is 1. The van der Waals surface area contributed by atoms with Crippen molar-refractivity contribution in [2.75, 3.05) is 6.54 Å². The number of rotatable bonds is 6. The molecule has 0 unspecified atom stereocenters. The van der Waals surface area contributed by atoms with Gasteiger partial charge < -0.3 is 20.3 Å². The maximum Gasteiger partial charge on any atom is 0.246 e. The second kappa shape index (κ2) is 7.64. The third-order valence-corrected chi connectivity index (χ3v) is 6.06. The summed E-state index contributed by atoms with van der Waals surface area (Å²) in [6.07, 6.45) is 4.68. The Bertz CT molecular complexity index is 936. The van der Waals surface area contributed by atoms with Gasteiger partial charge in [-0.1, -0.05) is 48.6 Å². The highest BCUT2D eigenvalue weighted by molar-refractivity contribution is 6.00. The lowest BCUT2D eigenvalue weighted by Gasteiger charge is -2.34. The number of carbonyl (C=O) groups excluding carboxylic acids is 3. The summed E-state index contributed by atoms with van der Waals surface area (Å²) >= 11 is 0. The van der Waals surface area contributed by atoms with Crippen LogP contribution < -0.4 is 10.6 Å². The minimum absolute atomic E-state index is 0.208. The van der Waals surface area contributed by atoms with Gasteiger partial charge in [0, 0.05) is 18.6 Å².